The molecule has 5 aliphatic rings. The van der Waals surface area contributed by atoms with Crippen LogP contribution in [0.4, 0.5) is 5.69 Å². The molecule has 5 aromatic carbocycles. The van der Waals surface area contributed by atoms with Gasteiger partial charge >= 0.3 is 5.97 Å². The highest BCUT2D eigenvalue weighted by Crippen LogP contribution is 2.65. The van der Waals surface area contributed by atoms with Crippen LogP contribution in [0.2, 0.25) is 0 Å². The van der Waals surface area contributed by atoms with Gasteiger partial charge < -0.3 is 4.74 Å². The Balaban J connectivity index is 1.26. The van der Waals surface area contributed by atoms with Crippen molar-refractivity contribution in [2.24, 2.45) is 16.8 Å². The number of hydrogen-bond acceptors (Lipinski definition) is 7. The smallest absolute Gasteiger partial charge is 0.338 e. The van der Waals surface area contributed by atoms with E-state index in [1.54, 1.807) is 18.4 Å². The quantitative estimate of drug-likeness (QED) is 0.149. The number of carbonyl (C=O) groups is 3. The van der Waals surface area contributed by atoms with Crippen molar-refractivity contribution in [2.75, 3.05) is 11.5 Å². The maximum atomic E-state index is 15.2. The fraction of sp³-hybridized carbons (Fsp3) is 0.196. The van der Waals surface area contributed by atoms with Crippen molar-refractivity contribution in [1.29, 1.82) is 0 Å². The van der Waals surface area contributed by atoms with Crippen molar-refractivity contribution in [1.82, 2.24) is 4.57 Å². The molecule has 6 aromatic rings. The van der Waals surface area contributed by atoms with Crippen LogP contribution in [-0.4, -0.2) is 29.0 Å². The number of esters is 1. The summed E-state index contributed by atoms with van der Waals surface area (Å²) in [5.41, 5.74) is 5.39. The van der Waals surface area contributed by atoms with Crippen molar-refractivity contribution < 1.29 is 19.1 Å². The predicted molar refractivity (Wildman–Crippen MR) is 211 cm³/mol. The summed E-state index contributed by atoms with van der Waals surface area (Å²) in [4.78, 5) is 65.4. The zero-order valence-corrected chi connectivity index (χ0v) is 31.2. The molecule has 0 N–H and O–H groups in total. The minimum Gasteiger partial charge on any atom is -0.463 e. The van der Waals surface area contributed by atoms with Crippen LogP contribution in [0.15, 0.2) is 136 Å². The zero-order chi connectivity index (χ0) is 37.7. The molecule has 2 aliphatic heterocycles. The summed E-state index contributed by atoms with van der Waals surface area (Å²) in [6.07, 6.45) is 1.94. The zero-order valence-electron chi connectivity index (χ0n) is 30.4. The van der Waals surface area contributed by atoms with Crippen LogP contribution < -0.4 is 19.8 Å². The number of nitrogens with zero attached hydrogens (tertiary/aromatic N) is 3. The van der Waals surface area contributed by atoms with Crippen LogP contribution in [0.3, 0.4) is 0 Å². The van der Waals surface area contributed by atoms with Gasteiger partial charge in [-0.05, 0) is 77.6 Å². The van der Waals surface area contributed by atoms with E-state index in [0.717, 1.165) is 44.2 Å². The Morgan fingerprint density at radius 1 is 0.800 bits per heavy atom. The van der Waals surface area contributed by atoms with E-state index in [9.17, 15) is 9.59 Å². The van der Waals surface area contributed by atoms with Crippen molar-refractivity contribution in [2.45, 2.75) is 38.1 Å². The molecule has 11 rings (SSSR count). The number of rotatable bonds is 5. The van der Waals surface area contributed by atoms with E-state index in [-0.39, 0.29) is 29.9 Å². The summed E-state index contributed by atoms with van der Waals surface area (Å²) in [6.45, 7) is 5.67. The first-order valence-corrected chi connectivity index (χ1v) is 19.4. The number of amides is 2. The summed E-state index contributed by atoms with van der Waals surface area (Å²) in [5, 5.41) is 1.88. The molecule has 1 aromatic heterocycles. The van der Waals surface area contributed by atoms with Gasteiger partial charge in [-0.2, -0.15) is 0 Å². The number of anilines is 1. The molecular formula is C46H35N3O5S. The molecule has 270 valence electrons. The first-order chi connectivity index (χ1) is 26.7. The van der Waals surface area contributed by atoms with Crippen LogP contribution in [0.1, 0.15) is 59.2 Å². The van der Waals surface area contributed by atoms with Gasteiger partial charge in [-0.1, -0.05) is 120 Å². The average Bonchev–Trinajstić information content (AvgIpc) is 3.65. The third kappa shape index (κ3) is 4.53. The number of aryl methyl sites for hydroxylation is 1. The van der Waals surface area contributed by atoms with Gasteiger partial charge in [0.1, 0.15) is 0 Å². The molecule has 3 atom stereocenters. The van der Waals surface area contributed by atoms with E-state index < -0.39 is 29.3 Å². The second-order valence-electron chi connectivity index (χ2n) is 14.7. The molecule has 0 spiro atoms. The second kappa shape index (κ2) is 12.2. The first kappa shape index (κ1) is 33.4. The molecule has 2 bridgehead atoms. The van der Waals surface area contributed by atoms with Gasteiger partial charge in [-0.15, -0.1) is 0 Å². The van der Waals surface area contributed by atoms with Crippen LogP contribution >= 0.6 is 11.3 Å². The van der Waals surface area contributed by atoms with Gasteiger partial charge in [0.15, 0.2) is 4.80 Å². The summed E-state index contributed by atoms with van der Waals surface area (Å²) < 4.78 is 7.57. The Labute approximate surface area is 320 Å². The Morgan fingerprint density at radius 3 is 2.15 bits per heavy atom. The molecular weight excluding hydrogens is 707 g/mol. The Morgan fingerprint density at radius 2 is 1.44 bits per heavy atom. The average molecular weight is 742 g/mol. The molecule has 0 saturated carbocycles. The third-order valence-electron chi connectivity index (χ3n) is 12.0. The number of thiazole rings is 1. The van der Waals surface area contributed by atoms with Crippen molar-refractivity contribution >= 4 is 51.7 Å². The van der Waals surface area contributed by atoms with E-state index in [2.05, 4.69) is 12.1 Å². The van der Waals surface area contributed by atoms with E-state index in [1.165, 1.54) is 16.2 Å². The van der Waals surface area contributed by atoms with Crippen LogP contribution in [-0.2, 0) is 24.5 Å². The normalized spacial score (nSPS) is 23.7. The number of benzene rings is 5. The van der Waals surface area contributed by atoms with Crippen LogP contribution in [0, 0.1) is 18.8 Å². The lowest BCUT2D eigenvalue weighted by Crippen LogP contribution is -2.53. The van der Waals surface area contributed by atoms with Crippen LogP contribution in [0.5, 0.6) is 0 Å². The standard InChI is InChI=1S/C46H35N3O5S/c1-4-54-44(53)36-26(3)47-45-49(40(36)30-17-11-13-27-12-5-6-14-29(27)30)41(50)35(55-45)24-46-33-18-9-7-15-31(33)37(32-16-8-10-19-34(32)46)38-39(46)43(52)48(42(38)51)28-22-20-25(2)21-23-28/h5-24,37-40H,4H2,1-3H3/b35-24+/t37?,38-,39+,40+,46?/m0/s1. The van der Waals surface area contributed by atoms with E-state index >= 15 is 9.59 Å². The Kier molecular flexibility index (Phi) is 7.38. The molecule has 0 unspecified atom stereocenters. The summed E-state index contributed by atoms with van der Waals surface area (Å²) in [7, 11) is 0. The summed E-state index contributed by atoms with van der Waals surface area (Å²) in [5.74, 6) is -2.87. The van der Waals surface area contributed by atoms with E-state index in [0.29, 0.717) is 26.3 Å². The van der Waals surface area contributed by atoms with Crippen molar-refractivity contribution in [3.8, 4) is 0 Å². The molecule has 3 aliphatic carbocycles. The fourth-order valence-electron chi connectivity index (χ4n) is 9.81. The fourth-order valence-corrected chi connectivity index (χ4v) is 10.9. The summed E-state index contributed by atoms with van der Waals surface area (Å²) >= 11 is 1.24. The number of fused-ring (bicyclic) bond motifs is 2. The van der Waals surface area contributed by atoms with E-state index in [4.69, 9.17) is 9.73 Å². The van der Waals surface area contributed by atoms with Gasteiger partial charge in [0.05, 0.1) is 51.4 Å². The number of ether oxygens (including phenoxy) is 1. The van der Waals surface area contributed by atoms with Gasteiger partial charge in [0.2, 0.25) is 11.8 Å². The molecule has 3 heterocycles. The minimum absolute atomic E-state index is 0.166. The summed E-state index contributed by atoms with van der Waals surface area (Å²) in [6, 6.07) is 36.5. The monoisotopic (exact) mass is 741 g/mol. The predicted octanol–water partition coefficient (Wildman–Crippen LogP) is 6.46. The second-order valence-corrected chi connectivity index (χ2v) is 15.8. The number of hydrogen-bond donors (Lipinski definition) is 0. The van der Waals surface area contributed by atoms with Crippen LogP contribution in [0.25, 0.3) is 16.8 Å². The highest BCUT2D eigenvalue weighted by Gasteiger charge is 2.67. The number of carbonyl (C=O) groups excluding carboxylic acids is 3. The van der Waals surface area contributed by atoms with Gasteiger partial charge in [0, 0.05) is 5.92 Å². The van der Waals surface area contributed by atoms with Gasteiger partial charge in [-0.3, -0.25) is 19.0 Å². The molecule has 1 saturated heterocycles. The highest BCUT2D eigenvalue weighted by molar-refractivity contribution is 7.07. The minimum atomic E-state index is -1.16. The first-order valence-electron chi connectivity index (χ1n) is 18.6. The highest BCUT2D eigenvalue weighted by atomic mass is 32.1. The topological polar surface area (TPSA) is 98.0 Å². The molecule has 9 heteroatoms. The molecule has 1 fully saturated rings. The Hall–Kier alpha value is -6.19. The maximum Gasteiger partial charge on any atom is 0.338 e. The molecule has 8 nitrogen and oxygen atoms in total. The number of allylic oxidation sites excluding steroid dienone is 1. The number of aromatic nitrogens is 1. The lowest BCUT2D eigenvalue weighted by Gasteiger charge is -2.53. The van der Waals surface area contributed by atoms with Gasteiger partial charge in [0.25, 0.3) is 5.56 Å². The van der Waals surface area contributed by atoms with E-state index in [1.807, 2.05) is 116 Å². The van der Waals surface area contributed by atoms with Gasteiger partial charge in [-0.25, -0.2) is 14.7 Å². The molecule has 55 heavy (non-hydrogen) atoms. The third-order valence-corrected chi connectivity index (χ3v) is 13.0. The van der Waals surface area contributed by atoms with Crippen molar-refractivity contribution in [3.05, 3.63) is 180 Å². The number of imide groups is 1. The lowest BCUT2D eigenvalue weighted by atomic mass is 9.47. The largest absolute Gasteiger partial charge is 0.463 e. The maximum absolute atomic E-state index is 15.2. The molecule has 0 radical (unpaired) electrons. The SMILES string of the molecule is CCOC(=O)C1=C(C)N=c2s/c(=C/C34c5ccccc5C(c5ccccc53)[C@@H]3C(=O)N(c5ccc(C)cc5)C(=O)[C@@H]34)c(=O)n2[C@@H]1c1cccc2ccccc12. The lowest BCUT2D eigenvalue weighted by molar-refractivity contribution is -0.139. The molecule has 2 amide bonds. The Bertz CT molecular complexity index is 2830. The van der Waals surface area contributed by atoms with Crippen molar-refractivity contribution in [3.63, 3.8) is 0 Å².